The highest BCUT2D eigenvalue weighted by atomic mass is 35.5. The molecule has 0 spiro atoms. The maximum atomic E-state index is 5.69. The molecule has 0 bridgehead atoms. The van der Waals surface area contributed by atoms with Crippen LogP contribution in [-0.4, -0.2) is 33.8 Å². The topological polar surface area (TPSA) is 35.3 Å². The third-order valence-corrected chi connectivity index (χ3v) is 1.92. The standard InChI is InChI=1S/C8H9B3ClNO2/c9-8(10,11)15-4-1-2-6-5(3-4)13-7(12)14-6/h1-3H,9-11H2. The maximum absolute atomic E-state index is 5.69. The summed E-state index contributed by atoms with van der Waals surface area (Å²) in [6.07, 6.45) is 0. The maximum Gasteiger partial charge on any atom is 0.293 e. The Hall–Kier alpha value is -1.03. The van der Waals surface area contributed by atoms with Crippen molar-refractivity contribution in [3.8, 4) is 5.75 Å². The van der Waals surface area contributed by atoms with E-state index >= 15 is 0 Å². The molecule has 0 aliphatic rings. The van der Waals surface area contributed by atoms with Crippen molar-refractivity contribution in [3.63, 3.8) is 0 Å². The predicted octanol–water partition coefficient (Wildman–Crippen LogP) is -0.629. The van der Waals surface area contributed by atoms with Gasteiger partial charge in [0.15, 0.2) is 5.58 Å². The lowest BCUT2D eigenvalue weighted by atomic mass is 9.52. The van der Waals surface area contributed by atoms with Crippen LogP contribution in [0.4, 0.5) is 0 Å². The number of oxazole rings is 1. The molecular formula is C8H9B3ClNO2. The second kappa shape index (κ2) is 3.52. The van der Waals surface area contributed by atoms with E-state index < -0.39 is 0 Å². The van der Waals surface area contributed by atoms with Gasteiger partial charge in [-0.1, -0.05) is 0 Å². The van der Waals surface area contributed by atoms with Crippen LogP contribution in [-0.2, 0) is 0 Å². The zero-order chi connectivity index (χ0) is 11.1. The molecule has 3 nitrogen and oxygen atoms in total. The summed E-state index contributed by atoms with van der Waals surface area (Å²) in [5.74, 6) is 0.764. The molecule has 0 aliphatic carbocycles. The number of hydrogen-bond acceptors (Lipinski definition) is 3. The van der Waals surface area contributed by atoms with E-state index in [1.807, 2.05) is 35.7 Å². The van der Waals surface area contributed by atoms with Crippen molar-refractivity contribution >= 4 is 46.2 Å². The van der Waals surface area contributed by atoms with Crippen LogP contribution in [0.3, 0.4) is 0 Å². The Kier molecular flexibility index (Phi) is 2.47. The summed E-state index contributed by atoms with van der Waals surface area (Å²) in [6.45, 7) is 0. The van der Waals surface area contributed by atoms with Crippen LogP contribution in [0.2, 0.25) is 5.35 Å². The number of hydrogen-bond donors (Lipinski definition) is 0. The van der Waals surface area contributed by atoms with Crippen LogP contribution < -0.4 is 4.74 Å². The molecular weight excluding hydrogens is 210 g/mol. The Balaban J connectivity index is 2.38. The van der Waals surface area contributed by atoms with Gasteiger partial charge in [-0.25, -0.2) is 0 Å². The second-order valence-electron chi connectivity index (χ2n) is 4.31. The molecule has 1 heterocycles. The molecule has 0 aliphatic heterocycles. The van der Waals surface area contributed by atoms with Crippen LogP contribution in [0.5, 0.6) is 5.75 Å². The molecule has 0 saturated carbocycles. The fourth-order valence-corrected chi connectivity index (χ4v) is 1.47. The van der Waals surface area contributed by atoms with Gasteiger partial charge in [0.25, 0.3) is 5.35 Å². The third kappa shape index (κ3) is 2.51. The first-order valence-corrected chi connectivity index (χ1v) is 5.07. The monoisotopic (exact) mass is 219 g/mol. The highest BCUT2D eigenvalue weighted by molar-refractivity contribution is 6.58. The summed E-state index contributed by atoms with van der Waals surface area (Å²) in [6, 6.07) is 5.46. The lowest BCUT2D eigenvalue weighted by molar-refractivity contribution is 0.319. The highest BCUT2D eigenvalue weighted by Gasteiger charge is 2.13. The Morgan fingerprint density at radius 3 is 2.73 bits per heavy atom. The number of ether oxygens (including phenoxy) is 1. The Bertz CT molecular complexity index is 494. The molecule has 1 aromatic heterocycles. The summed E-state index contributed by atoms with van der Waals surface area (Å²) in [4.78, 5) is 4.02. The number of halogens is 1. The van der Waals surface area contributed by atoms with Gasteiger partial charge in [-0.05, 0) is 23.7 Å². The van der Waals surface area contributed by atoms with Gasteiger partial charge >= 0.3 is 0 Å². The van der Waals surface area contributed by atoms with Crippen molar-refractivity contribution in [2.24, 2.45) is 0 Å². The lowest BCUT2D eigenvalue weighted by Gasteiger charge is -2.21. The zero-order valence-electron chi connectivity index (χ0n) is 8.87. The van der Waals surface area contributed by atoms with E-state index in [2.05, 4.69) is 4.98 Å². The van der Waals surface area contributed by atoms with Gasteiger partial charge < -0.3 is 9.15 Å². The normalized spacial score (nSPS) is 11.8. The van der Waals surface area contributed by atoms with Crippen LogP contribution in [0.25, 0.3) is 11.1 Å². The van der Waals surface area contributed by atoms with Crippen LogP contribution in [0.1, 0.15) is 0 Å². The zero-order valence-corrected chi connectivity index (χ0v) is 9.63. The summed E-state index contributed by atoms with van der Waals surface area (Å²) in [7, 11) is 5.98. The second-order valence-corrected chi connectivity index (χ2v) is 4.63. The quantitative estimate of drug-likeness (QED) is 0.631. The first kappa shape index (κ1) is 10.5. The van der Waals surface area contributed by atoms with Gasteiger partial charge in [0.05, 0.1) is 0 Å². The number of fused-ring (bicyclic) bond motifs is 1. The highest BCUT2D eigenvalue weighted by Crippen LogP contribution is 2.24. The number of benzene rings is 1. The molecule has 1 aromatic carbocycles. The minimum atomic E-state index is -0.221. The summed E-state index contributed by atoms with van der Waals surface area (Å²) < 4.78 is 10.8. The summed E-state index contributed by atoms with van der Waals surface area (Å²) in [5.41, 5.74) is 1.38. The Labute approximate surface area is 95.4 Å². The smallest absolute Gasteiger partial charge is 0.293 e. The van der Waals surface area contributed by atoms with Crippen LogP contribution in [0.15, 0.2) is 22.6 Å². The molecule has 7 heteroatoms. The van der Waals surface area contributed by atoms with Crippen molar-refractivity contribution in [3.05, 3.63) is 23.5 Å². The number of nitrogens with zero attached hydrogens (tertiary/aromatic N) is 1. The average molecular weight is 219 g/mol. The molecule has 0 fully saturated rings. The van der Waals surface area contributed by atoms with E-state index in [0.717, 1.165) is 5.75 Å². The molecule has 15 heavy (non-hydrogen) atoms. The first-order valence-electron chi connectivity index (χ1n) is 4.69. The predicted molar refractivity (Wildman–Crippen MR) is 68.0 cm³/mol. The van der Waals surface area contributed by atoms with Crippen molar-refractivity contribution in [2.45, 2.75) is 5.30 Å². The lowest BCUT2D eigenvalue weighted by Crippen LogP contribution is -2.37. The SMILES string of the molecule is BC(B)(B)Oc1ccc2oc(Cl)nc2c1. The van der Waals surface area contributed by atoms with E-state index in [4.69, 9.17) is 20.8 Å². The molecule has 0 radical (unpaired) electrons. The number of rotatable bonds is 2. The molecule has 0 saturated heterocycles. The molecule has 74 valence electrons. The van der Waals surface area contributed by atoms with Gasteiger partial charge in [-0.15, -0.1) is 0 Å². The minimum absolute atomic E-state index is 0.151. The van der Waals surface area contributed by atoms with Crippen molar-refractivity contribution < 1.29 is 9.15 Å². The van der Waals surface area contributed by atoms with Gasteiger partial charge in [-0.2, -0.15) is 4.98 Å². The molecule has 0 atom stereocenters. The van der Waals surface area contributed by atoms with Crippen molar-refractivity contribution in [1.82, 2.24) is 4.98 Å². The van der Waals surface area contributed by atoms with Gasteiger partial charge in [0.1, 0.15) is 34.8 Å². The average Bonchev–Trinajstić information content (AvgIpc) is 2.40. The van der Waals surface area contributed by atoms with E-state index in [1.54, 1.807) is 6.07 Å². The van der Waals surface area contributed by atoms with E-state index in [9.17, 15) is 0 Å². The third-order valence-electron chi connectivity index (χ3n) is 1.76. The van der Waals surface area contributed by atoms with Gasteiger partial charge in [-0.3, -0.25) is 0 Å². The van der Waals surface area contributed by atoms with E-state index in [1.165, 1.54) is 0 Å². The molecule has 0 unspecified atom stereocenters. The molecule has 2 rings (SSSR count). The van der Waals surface area contributed by atoms with E-state index in [-0.39, 0.29) is 10.6 Å². The molecule has 0 amide bonds. The minimum Gasteiger partial charge on any atom is -0.514 e. The van der Waals surface area contributed by atoms with Crippen LogP contribution >= 0.6 is 11.6 Å². The van der Waals surface area contributed by atoms with Gasteiger partial charge in [0.2, 0.25) is 0 Å². The molecule has 0 N–H and O–H groups in total. The van der Waals surface area contributed by atoms with Crippen LogP contribution in [0, 0.1) is 0 Å². The van der Waals surface area contributed by atoms with Gasteiger partial charge in [0, 0.05) is 11.4 Å². The Morgan fingerprint density at radius 1 is 1.33 bits per heavy atom. The fraction of sp³-hybridized carbons (Fsp3) is 0.125. The molecule has 2 aromatic rings. The largest absolute Gasteiger partial charge is 0.514 e. The summed E-state index contributed by atoms with van der Waals surface area (Å²) >= 11 is 5.65. The van der Waals surface area contributed by atoms with E-state index in [0.29, 0.717) is 11.1 Å². The summed E-state index contributed by atoms with van der Waals surface area (Å²) in [5, 5.41) is -0.0702. The number of aromatic nitrogens is 1. The first-order chi connectivity index (χ1) is 6.94. The Morgan fingerprint density at radius 2 is 2.07 bits per heavy atom. The fourth-order valence-electron chi connectivity index (χ4n) is 1.30. The van der Waals surface area contributed by atoms with Crippen molar-refractivity contribution in [1.29, 1.82) is 0 Å². The van der Waals surface area contributed by atoms with Crippen molar-refractivity contribution in [2.75, 3.05) is 0 Å².